The van der Waals surface area contributed by atoms with Crippen LogP contribution in [0, 0.1) is 0 Å². The van der Waals surface area contributed by atoms with Gasteiger partial charge in [0.05, 0.1) is 11.3 Å². The average molecular weight is 313 g/mol. The fourth-order valence-corrected chi connectivity index (χ4v) is 2.19. The molecule has 0 aromatic heterocycles. The third kappa shape index (κ3) is 4.32. The summed E-state index contributed by atoms with van der Waals surface area (Å²) in [6, 6.07) is 3.83. The van der Waals surface area contributed by atoms with Crippen molar-refractivity contribution in [3.05, 3.63) is 28.8 Å². The Bertz CT molecular complexity index is 544. The van der Waals surface area contributed by atoms with Gasteiger partial charge in [0.1, 0.15) is 0 Å². The van der Waals surface area contributed by atoms with Gasteiger partial charge < -0.3 is 15.3 Å². The summed E-state index contributed by atoms with van der Waals surface area (Å²) in [5.74, 6) is -1.15. The van der Waals surface area contributed by atoms with Crippen molar-refractivity contribution < 1.29 is 14.7 Å². The number of rotatable bonds is 3. The molecule has 0 atom stereocenters. The van der Waals surface area contributed by atoms with Crippen molar-refractivity contribution in [3.8, 4) is 0 Å². The zero-order valence-corrected chi connectivity index (χ0v) is 12.4. The highest BCUT2D eigenvalue weighted by Crippen LogP contribution is 2.20. The highest BCUT2D eigenvalue weighted by molar-refractivity contribution is 6.31. The lowest BCUT2D eigenvalue weighted by molar-refractivity contribution is 0.0698. The van der Waals surface area contributed by atoms with Gasteiger partial charge in [-0.3, -0.25) is 5.43 Å². The molecule has 1 saturated heterocycles. The fraction of sp³-hybridized carbons (Fsp3) is 0.385. The van der Waals surface area contributed by atoms with Crippen LogP contribution in [0.4, 0.5) is 10.5 Å². The maximum Gasteiger partial charge on any atom is 0.337 e. The smallest absolute Gasteiger partial charge is 0.337 e. The topological polar surface area (TPSA) is 84.9 Å². The molecule has 2 rings (SSSR count). The van der Waals surface area contributed by atoms with Crippen molar-refractivity contribution >= 4 is 29.3 Å². The predicted molar refractivity (Wildman–Crippen MR) is 79.6 cm³/mol. The summed E-state index contributed by atoms with van der Waals surface area (Å²) in [6.07, 6.45) is 0. The Morgan fingerprint density at radius 1 is 1.24 bits per heavy atom. The van der Waals surface area contributed by atoms with E-state index in [9.17, 15) is 9.59 Å². The fourth-order valence-electron chi connectivity index (χ4n) is 2.01. The number of hydrazine groups is 1. The molecule has 2 amide bonds. The van der Waals surface area contributed by atoms with E-state index in [4.69, 9.17) is 16.7 Å². The quantitative estimate of drug-likeness (QED) is 0.784. The monoisotopic (exact) mass is 312 g/mol. The van der Waals surface area contributed by atoms with Crippen LogP contribution in [-0.2, 0) is 0 Å². The molecular weight excluding hydrogens is 296 g/mol. The molecule has 114 valence electrons. The van der Waals surface area contributed by atoms with Crippen LogP contribution in [0.5, 0.6) is 0 Å². The zero-order valence-electron chi connectivity index (χ0n) is 11.6. The van der Waals surface area contributed by atoms with Crippen LogP contribution in [0.1, 0.15) is 10.4 Å². The van der Waals surface area contributed by atoms with Gasteiger partial charge in [-0.25, -0.2) is 14.6 Å². The van der Waals surface area contributed by atoms with Gasteiger partial charge in [0.25, 0.3) is 0 Å². The first kappa shape index (κ1) is 15.6. The number of aromatic carboxylic acids is 1. The van der Waals surface area contributed by atoms with Crippen LogP contribution in [0.3, 0.4) is 0 Å². The van der Waals surface area contributed by atoms with Crippen LogP contribution in [-0.4, -0.2) is 60.2 Å². The number of urea groups is 1. The van der Waals surface area contributed by atoms with Gasteiger partial charge >= 0.3 is 12.0 Å². The molecule has 21 heavy (non-hydrogen) atoms. The Labute approximate surface area is 127 Å². The minimum absolute atomic E-state index is 0.0453. The van der Waals surface area contributed by atoms with E-state index in [1.165, 1.54) is 18.2 Å². The number of halogens is 1. The summed E-state index contributed by atoms with van der Waals surface area (Å²) >= 11 is 5.76. The molecule has 0 radical (unpaired) electrons. The standard InChI is InChI=1S/C13H17ClN4O3/c1-17-4-6-18(7-5-17)16-13(21)15-11-3-2-9(14)8-10(11)12(19)20/h2-3,8H,4-7H2,1H3,(H,19,20)(H2,15,16,21). The maximum atomic E-state index is 11.9. The van der Waals surface area contributed by atoms with Crippen LogP contribution in [0.25, 0.3) is 0 Å². The minimum atomic E-state index is -1.15. The Kier molecular flexibility index (Phi) is 5.00. The number of carboxylic acid groups (broad SMARTS) is 1. The number of amides is 2. The molecule has 0 aliphatic carbocycles. The first-order valence-electron chi connectivity index (χ1n) is 6.49. The molecule has 3 N–H and O–H groups in total. The molecule has 1 heterocycles. The van der Waals surface area contributed by atoms with Crippen molar-refractivity contribution in [2.45, 2.75) is 0 Å². The van der Waals surface area contributed by atoms with Gasteiger partial charge in [0.15, 0.2) is 0 Å². The van der Waals surface area contributed by atoms with E-state index in [1.54, 1.807) is 5.01 Å². The SMILES string of the molecule is CN1CCN(NC(=O)Nc2ccc(Cl)cc2C(=O)O)CC1. The molecule has 0 unspecified atom stereocenters. The van der Waals surface area contributed by atoms with E-state index in [-0.39, 0.29) is 11.3 Å². The van der Waals surface area contributed by atoms with Gasteiger partial charge in [-0.2, -0.15) is 0 Å². The number of piperazine rings is 1. The summed E-state index contributed by atoms with van der Waals surface area (Å²) in [6.45, 7) is 3.16. The summed E-state index contributed by atoms with van der Waals surface area (Å²) < 4.78 is 0. The van der Waals surface area contributed by atoms with Gasteiger partial charge in [-0.15, -0.1) is 0 Å². The molecule has 8 heteroatoms. The number of hydrogen-bond donors (Lipinski definition) is 3. The second kappa shape index (κ2) is 6.75. The lowest BCUT2D eigenvalue weighted by Gasteiger charge is -2.32. The number of hydrogen-bond acceptors (Lipinski definition) is 4. The highest BCUT2D eigenvalue weighted by Gasteiger charge is 2.17. The predicted octanol–water partition coefficient (Wildman–Crippen LogP) is 1.32. The third-order valence-corrected chi connectivity index (χ3v) is 3.46. The van der Waals surface area contributed by atoms with E-state index in [1.807, 2.05) is 7.05 Å². The first-order valence-corrected chi connectivity index (χ1v) is 6.87. The number of anilines is 1. The molecule has 0 spiro atoms. The van der Waals surface area contributed by atoms with E-state index in [0.717, 1.165) is 26.2 Å². The second-order valence-corrected chi connectivity index (χ2v) is 5.29. The van der Waals surface area contributed by atoms with Crippen LogP contribution >= 0.6 is 11.6 Å². The second-order valence-electron chi connectivity index (χ2n) is 4.85. The van der Waals surface area contributed by atoms with Crippen molar-refractivity contribution in [2.24, 2.45) is 0 Å². The van der Waals surface area contributed by atoms with E-state index in [0.29, 0.717) is 5.02 Å². The molecular formula is C13H17ClN4O3. The lowest BCUT2D eigenvalue weighted by Crippen LogP contribution is -2.53. The largest absolute Gasteiger partial charge is 0.478 e. The summed E-state index contributed by atoms with van der Waals surface area (Å²) in [5.41, 5.74) is 2.86. The van der Waals surface area contributed by atoms with Crippen LogP contribution < -0.4 is 10.7 Å². The van der Waals surface area contributed by atoms with Crippen molar-refractivity contribution in [1.82, 2.24) is 15.3 Å². The number of benzene rings is 1. The zero-order chi connectivity index (χ0) is 15.4. The molecule has 1 fully saturated rings. The number of carbonyl (C=O) groups is 2. The van der Waals surface area contributed by atoms with E-state index < -0.39 is 12.0 Å². The molecule has 1 aliphatic rings. The minimum Gasteiger partial charge on any atom is -0.478 e. The Morgan fingerprint density at radius 3 is 2.52 bits per heavy atom. The normalized spacial score (nSPS) is 16.5. The number of likely N-dealkylation sites (N-methyl/N-ethyl adjacent to an activating group) is 1. The van der Waals surface area contributed by atoms with E-state index >= 15 is 0 Å². The van der Waals surface area contributed by atoms with Gasteiger partial charge in [0.2, 0.25) is 0 Å². The van der Waals surface area contributed by atoms with Gasteiger partial charge in [-0.05, 0) is 25.2 Å². The van der Waals surface area contributed by atoms with E-state index in [2.05, 4.69) is 15.6 Å². The Balaban J connectivity index is 1.98. The van der Waals surface area contributed by atoms with Crippen molar-refractivity contribution in [3.63, 3.8) is 0 Å². The maximum absolute atomic E-state index is 11.9. The van der Waals surface area contributed by atoms with Crippen molar-refractivity contribution in [1.29, 1.82) is 0 Å². The third-order valence-electron chi connectivity index (χ3n) is 3.22. The Hall–Kier alpha value is -1.83. The molecule has 0 bridgehead atoms. The summed E-state index contributed by atoms with van der Waals surface area (Å²) in [5, 5.41) is 13.7. The van der Waals surface area contributed by atoms with Crippen LogP contribution in [0.15, 0.2) is 18.2 Å². The molecule has 1 aliphatic heterocycles. The lowest BCUT2D eigenvalue weighted by atomic mass is 10.2. The van der Waals surface area contributed by atoms with Gasteiger partial charge in [-0.1, -0.05) is 11.6 Å². The van der Waals surface area contributed by atoms with Crippen molar-refractivity contribution in [2.75, 3.05) is 38.5 Å². The van der Waals surface area contributed by atoms with Gasteiger partial charge in [0, 0.05) is 31.2 Å². The molecule has 0 saturated carbocycles. The summed E-state index contributed by atoms with van der Waals surface area (Å²) in [4.78, 5) is 25.2. The van der Waals surface area contributed by atoms with Crippen LogP contribution in [0.2, 0.25) is 5.02 Å². The molecule has 7 nitrogen and oxygen atoms in total. The Morgan fingerprint density at radius 2 is 1.90 bits per heavy atom. The molecule has 1 aromatic carbocycles. The average Bonchev–Trinajstić information content (AvgIpc) is 2.43. The highest BCUT2D eigenvalue weighted by atomic mass is 35.5. The first-order chi connectivity index (χ1) is 9.95. The number of nitrogens with one attached hydrogen (secondary N) is 2. The summed E-state index contributed by atoms with van der Waals surface area (Å²) in [7, 11) is 2.02. The number of carboxylic acids is 1. The number of carbonyl (C=O) groups excluding carboxylic acids is 1. The number of nitrogens with zero attached hydrogens (tertiary/aromatic N) is 2. The molecule has 1 aromatic rings.